The van der Waals surface area contributed by atoms with Crippen molar-refractivity contribution < 1.29 is 19.4 Å². The van der Waals surface area contributed by atoms with Gasteiger partial charge in [0.15, 0.2) is 12.4 Å². The molecule has 8 nitrogen and oxygen atoms in total. The fourth-order valence-corrected chi connectivity index (χ4v) is 2.81. The Labute approximate surface area is 153 Å². The van der Waals surface area contributed by atoms with Gasteiger partial charge in [0.05, 0.1) is 12.6 Å². The Morgan fingerprint density at radius 3 is 2.67 bits per heavy atom. The van der Waals surface area contributed by atoms with Crippen LogP contribution in [0.2, 0.25) is 0 Å². The summed E-state index contributed by atoms with van der Waals surface area (Å²) in [4.78, 5) is 15.2. The number of benzene rings is 2. The number of methoxy groups -OCH3 is 1. The van der Waals surface area contributed by atoms with Gasteiger partial charge in [-0.2, -0.15) is 5.10 Å². The molecule has 0 spiro atoms. The normalized spacial score (nSPS) is 10.9. The zero-order valence-electron chi connectivity index (χ0n) is 14.4. The van der Waals surface area contributed by atoms with Crippen molar-refractivity contribution in [2.75, 3.05) is 19.0 Å². The molecule has 3 N–H and O–H groups in total. The van der Waals surface area contributed by atoms with Crippen LogP contribution in [0.3, 0.4) is 0 Å². The molecule has 0 aliphatic rings. The van der Waals surface area contributed by atoms with Crippen molar-refractivity contribution in [3.8, 4) is 11.5 Å². The summed E-state index contributed by atoms with van der Waals surface area (Å²) >= 11 is 0. The van der Waals surface area contributed by atoms with Crippen LogP contribution in [0, 0.1) is 0 Å². The van der Waals surface area contributed by atoms with Crippen molar-refractivity contribution in [3.63, 3.8) is 0 Å². The number of aliphatic carboxylic acids is 1. The number of hydrogen-bond acceptors (Lipinski definition) is 6. The van der Waals surface area contributed by atoms with Crippen LogP contribution in [0.4, 0.5) is 11.5 Å². The minimum atomic E-state index is -1.02. The second-order valence-electron chi connectivity index (χ2n) is 5.82. The molecule has 0 radical (unpaired) electrons. The third-order valence-electron chi connectivity index (χ3n) is 4.07. The van der Waals surface area contributed by atoms with Crippen LogP contribution in [-0.2, 0) is 4.79 Å². The second kappa shape index (κ2) is 6.83. The molecule has 0 aliphatic carbocycles. The molecule has 27 heavy (non-hydrogen) atoms. The minimum absolute atomic E-state index is 0.379. The number of pyridine rings is 1. The number of carboxylic acid groups (broad SMARTS) is 1. The predicted octanol–water partition coefficient (Wildman–Crippen LogP) is 3.33. The van der Waals surface area contributed by atoms with E-state index >= 15 is 0 Å². The van der Waals surface area contributed by atoms with Gasteiger partial charge in [0.1, 0.15) is 17.0 Å². The molecule has 4 aromatic rings. The Hall–Kier alpha value is -3.81. The van der Waals surface area contributed by atoms with Crippen molar-refractivity contribution in [2.24, 2.45) is 0 Å². The van der Waals surface area contributed by atoms with Crippen LogP contribution >= 0.6 is 0 Å². The zero-order valence-corrected chi connectivity index (χ0v) is 14.4. The van der Waals surface area contributed by atoms with Crippen molar-refractivity contribution in [2.45, 2.75) is 0 Å². The van der Waals surface area contributed by atoms with Gasteiger partial charge in [-0.1, -0.05) is 0 Å². The van der Waals surface area contributed by atoms with Crippen LogP contribution in [0.15, 0.2) is 48.7 Å². The lowest BCUT2D eigenvalue weighted by Gasteiger charge is -2.10. The van der Waals surface area contributed by atoms with Crippen LogP contribution in [-0.4, -0.2) is 40.0 Å². The van der Waals surface area contributed by atoms with Gasteiger partial charge < -0.3 is 19.9 Å². The minimum Gasteiger partial charge on any atom is -0.497 e. The van der Waals surface area contributed by atoms with Crippen molar-refractivity contribution in [1.29, 1.82) is 0 Å². The third kappa shape index (κ3) is 3.32. The summed E-state index contributed by atoms with van der Waals surface area (Å²) in [5.74, 6) is 0.828. The monoisotopic (exact) mass is 364 g/mol. The Morgan fingerprint density at radius 2 is 1.93 bits per heavy atom. The second-order valence-corrected chi connectivity index (χ2v) is 5.82. The molecular weight excluding hydrogens is 348 g/mol. The Bertz CT molecular complexity index is 1120. The van der Waals surface area contributed by atoms with Crippen molar-refractivity contribution in [1.82, 2.24) is 15.2 Å². The summed E-state index contributed by atoms with van der Waals surface area (Å²) in [5, 5.41) is 21.0. The number of carbonyl (C=O) groups is 1. The maximum absolute atomic E-state index is 10.6. The van der Waals surface area contributed by atoms with E-state index in [2.05, 4.69) is 20.5 Å². The number of hydrogen-bond donors (Lipinski definition) is 3. The van der Waals surface area contributed by atoms with E-state index < -0.39 is 5.97 Å². The van der Waals surface area contributed by atoms with Gasteiger partial charge in [-0.15, -0.1) is 0 Å². The average molecular weight is 364 g/mol. The average Bonchev–Trinajstić information content (AvgIpc) is 3.18. The maximum atomic E-state index is 10.6. The third-order valence-corrected chi connectivity index (χ3v) is 4.07. The van der Waals surface area contributed by atoms with Crippen LogP contribution in [0.25, 0.3) is 21.8 Å². The van der Waals surface area contributed by atoms with Gasteiger partial charge in [0.25, 0.3) is 0 Å². The van der Waals surface area contributed by atoms with E-state index in [1.54, 1.807) is 31.4 Å². The van der Waals surface area contributed by atoms with Crippen molar-refractivity contribution in [3.05, 3.63) is 48.7 Å². The highest BCUT2D eigenvalue weighted by Gasteiger charge is 2.12. The molecular formula is C19H16N4O4. The summed E-state index contributed by atoms with van der Waals surface area (Å²) in [6, 6.07) is 12.6. The zero-order chi connectivity index (χ0) is 18.8. The maximum Gasteiger partial charge on any atom is 0.341 e. The number of carboxylic acids is 1. The highest BCUT2D eigenvalue weighted by Crippen LogP contribution is 2.31. The predicted molar refractivity (Wildman–Crippen MR) is 101 cm³/mol. The molecule has 0 saturated carbocycles. The summed E-state index contributed by atoms with van der Waals surface area (Å²) in [7, 11) is 1.63. The molecule has 8 heteroatoms. The SMILES string of the molecule is COc1ccc2nc(Nc3ccc(OCC(=O)O)cc3)c3n[nH]cc3c2c1. The number of ether oxygens (including phenoxy) is 2. The van der Waals surface area contributed by atoms with E-state index in [4.69, 9.17) is 14.6 Å². The number of anilines is 2. The standard InChI is InChI=1S/C19H16N4O4/c1-26-13-6-7-16-14(8-13)15-9-20-23-18(15)19(22-16)21-11-2-4-12(5-3-11)27-10-17(24)25/h2-9H,10H2,1H3,(H,20,23)(H,21,22)(H,24,25). The molecule has 4 rings (SSSR count). The number of aromatic amines is 1. The Kier molecular flexibility index (Phi) is 4.21. The summed E-state index contributed by atoms with van der Waals surface area (Å²) in [6.45, 7) is -0.379. The Balaban J connectivity index is 1.67. The quantitative estimate of drug-likeness (QED) is 0.481. The topological polar surface area (TPSA) is 109 Å². The van der Waals surface area contributed by atoms with Gasteiger partial charge >= 0.3 is 5.97 Å². The fraction of sp³-hybridized carbons (Fsp3) is 0.105. The first-order valence-corrected chi connectivity index (χ1v) is 8.17. The first kappa shape index (κ1) is 16.6. The number of rotatable bonds is 6. The summed E-state index contributed by atoms with van der Waals surface area (Å²) < 4.78 is 10.4. The molecule has 0 aliphatic heterocycles. The molecule has 0 saturated heterocycles. The highest BCUT2D eigenvalue weighted by molar-refractivity contribution is 6.09. The molecule has 2 heterocycles. The molecule has 2 aromatic carbocycles. The van der Waals surface area contributed by atoms with E-state index in [-0.39, 0.29) is 6.61 Å². The van der Waals surface area contributed by atoms with E-state index in [9.17, 15) is 4.79 Å². The van der Waals surface area contributed by atoms with E-state index in [0.717, 1.165) is 27.7 Å². The summed E-state index contributed by atoms with van der Waals surface area (Å²) in [6.07, 6.45) is 1.83. The van der Waals surface area contributed by atoms with Crippen LogP contribution < -0.4 is 14.8 Å². The van der Waals surface area contributed by atoms with Gasteiger partial charge in [-0.3, -0.25) is 5.10 Å². The van der Waals surface area contributed by atoms with E-state index in [1.807, 2.05) is 24.4 Å². The van der Waals surface area contributed by atoms with Gasteiger partial charge in [-0.05, 0) is 42.5 Å². The number of aromatic nitrogens is 3. The molecule has 0 fully saturated rings. The summed E-state index contributed by atoms with van der Waals surface area (Å²) in [5.41, 5.74) is 2.30. The van der Waals surface area contributed by atoms with Gasteiger partial charge in [0.2, 0.25) is 0 Å². The number of nitrogens with zero attached hydrogens (tertiary/aromatic N) is 2. The lowest BCUT2D eigenvalue weighted by atomic mass is 10.1. The smallest absolute Gasteiger partial charge is 0.341 e. The molecule has 0 unspecified atom stereocenters. The molecule has 0 atom stereocenters. The Morgan fingerprint density at radius 1 is 1.15 bits per heavy atom. The molecule has 2 aromatic heterocycles. The lowest BCUT2D eigenvalue weighted by Crippen LogP contribution is -2.09. The first-order valence-electron chi connectivity index (χ1n) is 8.17. The molecule has 0 amide bonds. The molecule has 136 valence electrons. The van der Waals surface area contributed by atoms with E-state index in [0.29, 0.717) is 17.1 Å². The fourth-order valence-electron chi connectivity index (χ4n) is 2.81. The van der Waals surface area contributed by atoms with Crippen molar-refractivity contribution >= 4 is 39.3 Å². The van der Waals surface area contributed by atoms with Crippen LogP contribution in [0.5, 0.6) is 11.5 Å². The largest absolute Gasteiger partial charge is 0.497 e. The van der Waals surface area contributed by atoms with Gasteiger partial charge in [-0.25, -0.2) is 9.78 Å². The molecule has 0 bridgehead atoms. The number of fused-ring (bicyclic) bond motifs is 3. The number of H-pyrrole nitrogens is 1. The van der Waals surface area contributed by atoms with Gasteiger partial charge in [0, 0.05) is 22.7 Å². The number of nitrogens with one attached hydrogen (secondary N) is 2. The first-order chi connectivity index (χ1) is 13.1. The lowest BCUT2D eigenvalue weighted by molar-refractivity contribution is -0.139. The highest BCUT2D eigenvalue weighted by atomic mass is 16.5. The van der Waals surface area contributed by atoms with Crippen LogP contribution in [0.1, 0.15) is 0 Å². The van der Waals surface area contributed by atoms with E-state index in [1.165, 1.54) is 0 Å².